The maximum atomic E-state index is 12.6. The van der Waals surface area contributed by atoms with Gasteiger partial charge >= 0.3 is 0 Å². The number of rotatable bonds is 7. The summed E-state index contributed by atoms with van der Waals surface area (Å²) in [6, 6.07) is 13.8. The highest BCUT2D eigenvalue weighted by atomic mass is 16.5. The summed E-state index contributed by atoms with van der Waals surface area (Å²) in [6.45, 7) is 9.55. The molecule has 1 N–H and O–H groups in total. The van der Waals surface area contributed by atoms with E-state index < -0.39 is 0 Å². The molecule has 0 spiro atoms. The van der Waals surface area contributed by atoms with E-state index in [9.17, 15) is 4.79 Å². The number of carbonyl (C=O) groups excluding carboxylic acids is 1. The Kier molecular flexibility index (Phi) is 7.42. The van der Waals surface area contributed by atoms with Crippen LogP contribution in [0.5, 0.6) is 0 Å². The number of nitrogens with zero attached hydrogens (tertiary/aromatic N) is 4. The van der Waals surface area contributed by atoms with Gasteiger partial charge in [0.2, 0.25) is 5.91 Å². The number of hydrogen-bond donors (Lipinski definition) is 1. The molecule has 0 aliphatic carbocycles. The lowest BCUT2D eigenvalue weighted by atomic mass is 10.0. The lowest BCUT2D eigenvalue weighted by Crippen LogP contribution is -2.49. The number of nitrogens with one attached hydrogen (secondary N) is 1. The van der Waals surface area contributed by atoms with Crippen molar-refractivity contribution in [1.82, 2.24) is 25.2 Å². The Morgan fingerprint density at radius 3 is 2.48 bits per heavy atom. The molecule has 7 nitrogen and oxygen atoms in total. The zero-order chi connectivity index (χ0) is 23.2. The van der Waals surface area contributed by atoms with Crippen LogP contribution in [0, 0.1) is 0 Å². The first-order valence-electron chi connectivity index (χ1n) is 11.5. The van der Waals surface area contributed by atoms with Crippen LogP contribution in [0.25, 0.3) is 22.5 Å². The average Bonchev–Trinajstić information content (AvgIpc) is 2.87. The van der Waals surface area contributed by atoms with Crippen molar-refractivity contribution in [2.75, 3.05) is 26.3 Å². The molecular formula is C26H31N5O2. The average molecular weight is 446 g/mol. The van der Waals surface area contributed by atoms with Crippen molar-refractivity contribution in [3.05, 3.63) is 66.2 Å². The second-order valence-electron chi connectivity index (χ2n) is 8.60. The van der Waals surface area contributed by atoms with Crippen LogP contribution in [-0.4, -0.2) is 58.1 Å². The fraction of sp³-hybridized carbons (Fsp3) is 0.385. The standard InChI is InChI=1S/C26H31N5O2/c1-18(2)25-28-17-22(23-6-4-5-11-27-23)24(30-25)21-9-7-20(8-10-21)16-29-26(32)19(3)31-12-14-33-15-13-31/h4-11,17-19H,12-16H2,1-3H3,(H,29,32)/t19-/m0/s1. The van der Waals surface area contributed by atoms with Gasteiger partial charge in [0, 0.05) is 49.1 Å². The van der Waals surface area contributed by atoms with Gasteiger partial charge in [0.25, 0.3) is 0 Å². The van der Waals surface area contributed by atoms with E-state index in [1.54, 1.807) is 6.20 Å². The number of pyridine rings is 1. The van der Waals surface area contributed by atoms with E-state index in [0.717, 1.165) is 47.0 Å². The molecule has 1 fully saturated rings. The Morgan fingerprint density at radius 1 is 1.06 bits per heavy atom. The third-order valence-corrected chi connectivity index (χ3v) is 5.93. The Morgan fingerprint density at radius 2 is 1.82 bits per heavy atom. The van der Waals surface area contributed by atoms with Gasteiger partial charge in [0.05, 0.1) is 30.6 Å². The molecule has 172 valence electrons. The molecular weight excluding hydrogens is 414 g/mol. The van der Waals surface area contributed by atoms with Crippen LogP contribution >= 0.6 is 0 Å². The van der Waals surface area contributed by atoms with E-state index in [1.165, 1.54) is 0 Å². The van der Waals surface area contributed by atoms with Gasteiger partial charge in [-0.15, -0.1) is 0 Å². The van der Waals surface area contributed by atoms with Crippen molar-refractivity contribution in [3.63, 3.8) is 0 Å². The maximum Gasteiger partial charge on any atom is 0.237 e. The molecule has 4 rings (SSSR count). The van der Waals surface area contributed by atoms with Gasteiger partial charge in [-0.2, -0.15) is 0 Å². The molecule has 0 saturated carbocycles. The number of morpholine rings is 1. The van der Waals surface area contributed by atoms with Gasteiger partial charge in [-0.3, -0.25) is 14.7 Å². The molecule has 3 heterocycles. The molecule has 33 heavy (non-hydrogen) atoms. The molecule has 0 bridgehead atoms. The van der Waals surface area contributed by atoms with Crippen LogP contribution in [0.1, 0.15) is 38.1 Å². The zero-order valence-electron chi connectivity index (χ0n) is 19.5. The first-order chi connectivity index (χ1) is 16.0. The summed E-state index contributed by atoms with van der Waals surface area (Å²) in [5, 5.41) is 3.06. The van der Waals surface area contributed by atoms with E-state index in [2.05, 4.69) is 34.0 Å². The van der Waals surface area contributed by atoms with Crippen LogP contribution in [-0.2, 0) is 16.1 Å². The second kappa shape index (κ2) is 10.6. The van der Waals surface area contributed by atoms with Crippen molar-refractivity contribution < 1.29 is 9.53 Å². The van der Waals surface area contributed by atoms with Crippen LogP contribution in [0.3, 0.4) is 0 Å². The van der Waals surface area contributed by atoms with Gasteiger partial charge in [-0.1, -0.05) is 44.2 Å². The highest BCUT2D eigenvalue weighted by Gasteiger charge is 2.22. The topological polar surface area (TPSA) is 80.2 Å². The SMILES string of the molecule is CC(C)c1ncc(-c2ccccn2)c(-c2ccc(CNC(=O)[C@H](C)N3CCOCC3)cc2)n1. The van der Waals surface area contributed by atoms with Crippen LogP contribution < -0.4 is 5.32 Å². The molecule has 3 aromatic rings. The predicted octanol–water partition coefficient (Wildman–Crippen LogP) is 3.67. The summed E-state index contributed by atoms with van der Waals surface area (Å²) in [6.07, 6.45) is 3.64. The molecule has 0 unspecified atom stereocenters. The summed E-state index contributed by atoms with van der Waals surface area (Å²) >= 11 is 0. The van der Waals surface area contributed by atoms with Gasteiger partial charge in [0.1, 0.15) is 5.82 Å². The lowest BCUT2D eigenvalue weighted by molar-refractivity contribution is -0.127. The number of carbonyl (C=O) groups is 1. The fourth-order valence-electron chi connectivity index (χ4n) is 3.85. The third-order valence-electron chi connectivity index (χ3n) is 5.93. The molecule has 1 aliphatic heterocycles. The molecule has 7 heteroatoms. The number of aromatic nitrogens is 3. The van der Waals surface area contributed by atoms with Gasteiger partial charge < -0.3 is 10.1 Å². The van der Waals surface area contributed by atoms with Gasteiger partial charge in [0.15, 0.2) is 0 Å². The quantitative estimate of drug-likeness (QED) is 0.598. The van der Waals surface area contributed by atoms with Crippen molar-refractivity contribution in [1.29, 1.82) is 0 Å². The van der Waals surface area contributed by atoms with Crippen molar-refractivity contribution in [3.8, 4) is 22.5 Å². The van der Waals surface area contributed by atoms with E-state index in [1.807, 2.05) is 55.6 Å². The summed E-state index contributed by atoms with van der Waals surface area (Å²) in [5.41, 5.74) is 4.65. The third kappa shape index (κ3) is 5.61. The molecule has 0 radical (unpaired) electrons. The lowest BCUT2D eigenvalue weighted by Gasteiger charge is -2.31. The number of ether oxygens (including phenoxy) is 1. The minimum absolute atomic E-state index is 0.0378. The van der Waals surface area contributed by atoms with E-state index in [0.29, 0.717) is 19.8 Å². The molecule has 1 atom stereocenters. The second-order valence-corrected chi connectivity index (χ2v) is 8.60. The number of amides is 1. The Balaban J connectivity index is 1.49. The number of benzene rings is 1. The Bertz CT molecular complexity index is 1060. The van der Waals surface area contributed by atoms with E-state index >= 15 is 0 Å². The molecule has 1 amide bonds. The van der Waals surface area contributed by atoms with Crippen molar-refractivity contribution in [2.24, 2.45) is 0 Å². The summed E-state index contributed by atoms with van der Waals surface area (Å²) in [4.78, 5) is 28.6. The maximum absolute atomic E-state index is 12.6. The minimum atomic E-state index is -0.162. The molecule has 1 aliphatic rings. The monoisotopic (exact) mass is 445 g/mol. The predicted molar refractivity (Wildman–Crippen MR) is 128 cm³/mol. The van der Waals surface area contributed by atoms with Crippen molar-refractivity contribution in [2.45, 2.75) is 39.3 Å². The number of hydrogen-bond acceptors (Lipinski definition) is 6. The minimum Gasteiger partial charge on any atom is -0.379 e. The summed E-state index contributed by atoms with van der Waals surface area (Å²) in [5.74, 6) is 1.07. The smallest absolute Gasteiger partial charge is 0.237 e. The molecule has 1 aromatic carbocycles. The first kappa shape index (κ1) is 23.0. The fourth-order valence-corrected chi connectivity index (χ4v) is 3.85. The Labute approximate surface area is 195 Å². The van der Waals surface area contributed by atoms with Crippen LogP contribution in [0.2, 0.25) is 0 Å². The highest BCUT2D eigenvalue weighted by molar-refractivity contribution is 5.81. The van der Waals surface area contributed by atoms with Gasteiger partial charge in [-0.05, 0) is 24.6 Å². The normalized spacial score (nSPS) is 15.4. The van der Waals surface area contributed by atoms with E-state index in [-0.39, 0.29) is 17.9 Å². The van der Waals surface area contributed by atoms with Crippen LogP contribution in [0.4, 0.5) is 0 Å². The van der Waals surface area contributed by atoms with E-state index in [4.69, 9.17) is 9.72 Å². The van der Waals surface area contributed by atoms with Gasteiger partial charge in [-0.25, -0.2) is 9.97 Å². The zero-order valence-corrected chi connectivity index (χ0v) is 19.5. The highest BCUT2D eigenvalue weighted by Crippen LogP contribution is 2.30. The summed E-state index contributed by atoms with van der Waals surface area (Å²) < 4.78 is 5.38. The first-order valence-corrected chi connectivity index (χ1v) is 11.5. The van der Waals surface area contributed by atoms with Crippen molar-refractivity contribution >= 4 is 5.91 Å². The van der Waals surface area contributed by atoms with Crippen LogP contribution in [0.15, 0.2) is 54.9 Å². The largest absolute Gasteiger partial charge is 0.379 e. The molecule has 1 saturated heterocycles. The summed E-state index contributed by atoms with van der Waals surface area (Å²) in [7, 11) is 0. The molecule has 2 aromatic heterocycles. The Hall–Kier alpha value is -3.16.